The van der Waals surface area contributed by atoms with Crippen LogP contribution in [0, 0.1) is 5.92 Å². The maximum absolute atomic E-state index is 12.3. The lowest BCUT2D eigenvalue weighted by atomic mass is 10.0. The molecule has 1 atom stereocenters. The maximum atomic E-state index is 12.3. The monoisotopic (exact) mass is 299 g/mol. The first-order chi connectivity index (χ1) is 10.2. The Labute approximate surface area is 130 Å². The van der Waals surface area contributed by atoms with Gasteiger partial charge in [-0.15, -0.1) is 0 Å². The van der Waals surface area contributed by atoms with Crippen LogP contribution in [0.4, 0.5) is 0 Å². The fraction of sp³-hybridized carbons (Fsp3) is 0.278. The second-order valence-corrected chi connectivity index (χ2v) is 5.97. The van der Waals surface area contributed by atoms with Crippen LogP contribution < -0.4 is 5.32 Å². The summed E-state index contributed by atoms with van der Waals surface area (Å²) < 4.78 is 0. The van der Waals surface area contributed by atoms with E-state index in [0.29, 0.717) is 17.4 Å². The summed E-state index contributed by atoms with van der Waals surface area (Å²) in [4.78, 5) is 12.3. The summed E-state index contributed by atoms with van der Waals surface area (Å²) in [6.45, 7) is 0. The average molecular weight is 300 g/mol. The van der Waals surface area contributed by atoms with E-state index in [2.05, 4.69) is 17.4 Å². The zero-order valence-electron chi connectivity index (χ0n) is 11.8. The molecule has 0 aliphatic heterocycles. The van der Waals surface area contributed by atoms with Crippen LogP contribution in [0.3, 0.4) is 0 Å². The van der Waals surface area contributed by atoms with Crippen molar-refractivity contribution in [1.82, 2.24) is 5.32 Å². The molecule has 0 bridgehead atoms. The molecule has 1 N–H and O–H groups in total. The molecule has 2 aromatic rings. The minimum absolute atomic E-state index is 0.0313. The lowest BCUT2D eigenvalue weighted by molar-refractivity contribution is -0.121. The molecular weight excluding hydrogens is 282 g/mol. The summed E-state index contributed by atoms with van der Waals surface area (Å²) in [5.41, 5.74) is 2.06. The molecule has 3 rings (SSSR count). The van der Waals surface area contributed by atoms with Crippen molar-refractivity contribution in [3.05, 3.63) is 70.7 Å². The van der Waals surface area contributed by atoms with Crippen molar-refractivity contribution in [2.75, 3.05) is 0 Å². The second-order valence-electron chi connectivity index (χ2n) is 5.56. The molecule has 0 aromatic heterocycles. The van der Waals surface area contributed by atoms with Gasteiger partial charge in [0.05, 0.1) is 12.5 Å². The van der Waals surface area contributed by atoms with Crippen LogP contribution in [0.2, 0.25) is 5.02 Å². The van der Waals surface area contributed by atoms with Gasteiger partial charge in [-0.05, 0) is 36.0 Å². The minimum Gasteiger partial charge on any atom is -0.349 e. The highest BCUT2D eigenvalue weighted by Gasteiger charge is 2.33. The Morgan fingerprint density at radius 1 is 1.10 bits per heavy atom. The van der Waals surface area contributed by atoms with Gasteiger partial charge in [0.25, 0.3) is 0 Å². The van der Waals surface area contributed by atoms with Crippen LogP contribution in [-0.4, -0.2) is 5.91 Å². The van der Waals surface area contributed by atoms with Crippen molar-refractivity contribution < 1.29 is 4.79 Å². The van der Waals surface area contributed by atoms with Crippen molar-refractivity contribution >= 4 is 17.5 Å². The molecule has 1 saturated carbocycles. The van der Waals surface area contributed by atoms with E-state index in [4.69, 9.17) is 11.6 Å². The van der Waals surface area contributed by atoms with E-state index < -0.39 is 0 Å². The number of nitrogens with one attached hydrogen (secondary N) is 1. The third kappa shape index (κ3) is 3.64. The predicted molar refractivity (Wildman–Crippen MR) is 85.2 cm³/mol. The number of hydrogen-bond donors (Lipinski definition) is 1. The number of rotatable bonds is 5. The molecule has 2 nitrogen and oxygen atoms in total. The zero-order chi connectivity index (χ0) is 14.7. The Morgan fingerprint density at radius 2 is 1.76 bits per heavy atom. The van der Waals surface area contributed by atoms with Gasteiger partial charge in [-0.25, -0.2) is 0 Å². The predicted octanol–water partition coefficient (Wildman–Crippen LogP) is 4.15. The lowest BCUT2D eigenvalue weighted by Gasteiger charge is -2.19. The molecule has 1 unspecified atom stereocenters. The van der Waals surface area contributed by atoms with Crippen molar-refractivity contribution in [3.8, 4) is 0 Å². The van der Waals surface area contributed by atoms with Gasteiger partial charge in [-0.3, -0.25) is 4.79 Å². The van der Waals surface area contributed by atoms with Crippen LogP contribution in [-0.2, 0) is 11.2 Å². The van der Waals surface area contributed by atoms with E-state index in [1.165, 1.54) is 18.4 Å². The highest BCUT2D eigenvalue weighted by Crippen LogP contribution is 2.40. The summed E-state index contributed by atoms with van der Waals surface area (Å²) in [6.07, 6.45) is 2.70. The van der Waals surface area contributed by atoms with Crippen LogP contribution in [0.1, 0.15) is 30.0 Å². The largest absolute Gasteiger partial charge is 0.349 e. The third-order valence-electron chi connectivity index (χ3n) is 3.88. The van der Waals surface area contributed by atoms with Crippen LogP contribution in [0.15, 0.2) is 54.6 Å². The molecule has 1 amide bonds. The summed E-state index contributed by atoms with van der Waals surface area (Å²) in [7, 11) is 0. The first-order valence-corrected chi connectivity index (χ1v) is 7.69. The molecule has 21 heavy (non-hydrogen) atoms. The van der Waals surface area contributed by atoms with Crippen LogP contribution >= 0.6 is 11.6 Å². The van der Waals surface area contributed by atoms with E-state index in [-0.39, 0.29) is 11.9 Å². The molecule has 0 spiro atoms. The highest BCUT2D eigenvalue weighted by molar-refractivity contribution is 6.31. The highest BCUT2D eigenvalue weighted by atomic mass is 35.5. The van der Waals surface area contributed by atoms with Crippen molar-refractivity contribution in [3.63, 3.8) is 0 Å². The first-order valence-electron chi connectivity index (χ1n) is 7.32. The number of benzene rings is 2. The quantitative estimate of drug-likeness (QED) is 0.883. The standard InChI is InChI=1S/C18H18ClNO/c19-16-9-5-4-8-15(16)12-17(21)20-18(14-10-11-14)13-6-2-1-3-7-13/h1-9,14,18H,10-12H2,(H,20,21). The van der Waals surface area contributed by atoms with Gasteiger partial charge >= 0.3 is 0 Å². The summed E-state index contributed by atoms with van der Waals surface area (Å²) in [6, 6.07) is 17.8. The van der Waals surface area contributed by atoms with Crippen molar-refractivity contribution in [2.24, 2.45) is 5.92 Å². The molecule has 108 valence electrons. The lowest BCUT2D eigenvalue weighted by Crippen LogP contribution is -2.31. The fourth-order valence-corrected chi connectivity index (χ4v) is 2.81. The number of halogens is 1. The van der Waals surface area contributed by atoms with Crippen molar-refractivity contribution in [2.45, 2.75) is 25.3 Å². The topological polar surface area (TPSA) is 29.1 Å². The number of hydrogen-bond acceptors (Lipinski definition) is 1. The van der Waals surface area contributed by atoms with Crippen LogP contribution in [0.25, 0.3) is 0 Å². The van der Waals surface area contributed by atoms with Crippen molar-refractivity contribution in [1.29, 1.82) is 0 Å². The zero-order valence-corrected chi connectivity index (χ0v) is 12.5. The smallest absolute Gasteiger partial charge is 0.224 e. The SMILES string of the molecule is O=C(Cc1ccccc1Cl)NC(c1ccccc1)C1CC1. The van der Waals surface area contributed by atoms with E-state index in [1.54, 1.807) is 0 Å². The molecule has 1 aliphatic carbocycles. The molecular formula is C18H18ClNO. The Balaban J connectivity index is 1.69. The second kappa shape index (κ2) is 6.31. The Kier molecular flexibility index (Phi) is 4.26. The normalized spacial score (nSPS) is 15.5. The van der Waals surface area contributed by atoms with E-state index >= 15 is 0 Å². The minimum atomic E-state index is 0.0313. The van der Waals surface area contributed by atoms with E-state index in [1.807, 2.05) is 42.5 Å². The van der Waals surface area contributed by atoms with Gasteiger partial charge in [-0.1, -0.05) is 60.1 Å². The van der Waals surface area contributed by atoms with Gasteiger partial charge in [0.2, 0.25) is 5.91 Å². The van der Waals surface area contributed by atoms with E-state index in [0.717, 1.165) is 5.56 Å². The molecule has 1 fully saturated rings. The molecule has 0 heterocycles. The third-order valence-corrected chi connectivity index (χ3v) is 4.25. The Morgan fingerprint density at radius 3 is 2.43 bits per heavy atom. The Hall–Kier alpha value is -1.80. The number of carbonyl (C=O) groups is 1. The van der Waals surface area contributed by atoms with Gasteiger partial charge in [0, 0.05) is 5.02 Å². The van der Waals surface area contributed by atoms with E-state index in [9.17, 15) is 4.79 Å². The number of amides is 1. The summed E-state index contributed by atoms with van der Waals surface area (Å²) >= 11 is 6.12. The summed E-state index contributed by atoms with van der Waals surface area (Å²) in [5.74, 6) is 0.603. The maximum Gasteiger partial charge on any atom is 0.224 e. The van der Waals surface area contributed by atoms with Gasteiger partial charge in [-0.2, -0.15) is 0 Å². The molecule has 2 aromatic carbocycles. The summed E-state index contributed by atoms with van der Waals surface area (Å²) in [5, 5.41) is 3.82. The number of carbonyl (C=O) groups excluding carboxylic acids is 1. The average Bonchev–Trinajstić information content (AvgIpc) is 3.33. The van der Waals surface area contributed by atoms with Gasteiger partial charge in [0.15, 0.2) is 0 Å². The van der Waals surface area contributed by atoms with Gasteiger partial charge < -0.3 is 5.32 Å². The first kappa shape index (κ1) is 14.2. The molecule has 3 heteroatoms. The fourth-order valence-electron chi connectivity index (χ4n) is 2.60. The Bertz CT molecular complexity index is 622. The van der Waals surface area contributed by atoms with Gasteiger partial charge in [0.1, 0.15) is 0 Å². The molecule has 0 saturated heterocycles. The van der Waals surface area contributed by atoms with Crippen LogP contribution in [0.5, 0.6) is 0 Å². The molecule has 1 aliphatic rings. The molecule has 0 radical (unpaired) electrons.